The number of benzene rings is 2. The van der Waals surface area contributed by atoms with Crippen molar-refractivity contribution in [2.45, 2.75) is 76.4 Å². The van der Waals surface area contributed by atoms with Gasteiger partial charge < -0.3 is 21.3 Å². The molecular weight excluding hydrogens is 570 g/mol. The highest BCUT2D eigenvalue weighted by molar-refractivity contribution is 6.38. The van der Waals surface area contributed by atoms with Crippen LogP contribution in [0.5, 0.6) is 0 Å². The number of carbonyl (C=O) groups is 5. The molecule has 5 rings (SSSR count). The van der Waals surface area contributed by atoms with Crippen molar-refractivity contribution in [1.82, 2.24) is 26.3 Å². The Morgan fingerprint density at radius 3 is 2.29 bits per heavy atom. The Balaban J connectivity index is 1.34. The van der Waals surface area contributed by atoms with E-state index in [0.717, 1.165) is 43.1 Å². The molecule has 1 saturated carbocycles. The number of Topliss-reactive ketones (excluding diaryl/α,β-unsaturated/α-hetero) is 1. The zero-order valence-corrected chi connectivity index (χ0v) is 25.6. The minimum atomic E-state index is -1.24. The van der Waals surface area contributed by atoms with Crippen LogP contribution in [0.2, 0.25) is 0 Å². The van der Waals surface area contributed by atoms with Crippen molar-refractivity contribution in [1.29, 1.82) is 0 Å². The third-order valence-corrected chi connectivity index (χ3v) is 8.93. The maximum absolute atomic E-state index is 13.9. The lowest BCUT2D eigenvalue weighted by Crippen LogP contribution is -2.55. The van der Waals surface area contributed by atoms with Crippen molar-refractivity contribution in [2.75, 3.05) is 6.54 Å². The first-order valence-electron chi connectivity index (χ1n) is 15.9. The van der Waals surface area contributed by atoms with E-state index in [0.29, 0.717) is 24.9 Å². The van der Waals surface area contributed by atoms with Crippen LogP contribution in [0, 0.1) is 11.8 Å². The topological polar surface area (TPSA) is 146 Å². The van der Waals surface area contributed by atoms with E-state index >= 15 is 0 Å². The van der Waals surface area contributed by atoms with E-state index in [9.17, 15) is 24.0 Å². The average Bonchev–Trinajstić information content (AvgIpc) is 3.47. The van der Waals surface area contributed by atoms with Crippen LogP contribution >= 0.6 is 0 Å². The van der Waals surface area contributed by atoms with Gasteiger partial charge in [-0.1, -0.05) is 86.7 Å². The summed E-state index contributed by atoms with van der Waals surface area (Å²) in [6.07, 6.45) is 6.00. The number of hydrogen-bond donors (Lipinski definition) is 4. The lowest BCUT2D eigenvalue weighted by atomic mass is 9.84. The number of nitrogens with one attached hydrogen (secondary N) is 4. The first-order valence-corrected chi connectivity index (χ1v) is 15.9. The number of pyridine rings is 1. The highest BCUT2D eigenvalue weighted by Gasteiger charge is 2.36. The van der Waals surface area contributed by atoms with E-state index in [4.69, 9.17) is 0 Å². The summed E-state index contributed by atoms with van der Waals surface area (Å²) in [6, 6.07) is 17.5. The summed E-state index contributed by atoms with van der Waals surface area (Å²) in [5.41, 5.74) is 1.67. The molecule has 2 fully saturated rings. The quantitative estimate of drug-likeness (QED) is 0.230. The number of para-hydroxylation sites is 1. The molecule has 3 aromatic rings. The Morgan fingerprint density at radius 2 is 1.56 bits per heavy atom. The van der Waals surface area contributed by atoms with Crippen molar-refractivity contribution in [3.05, 3.63) is 78.0 Å². The third kappa shape index (κ3) is 8.32. The Bertz CT molecular complexity index is 1540. The Labute approximate surface area is 263 Å². The molecule has 10 heteroatoms. The zero-order chi connectivity index (χ0) is 31.8. The van der Waals surface area contributed by atoms with E-state index in [1.807, 2.05) is 60.7 Å². The van der Waals surface area contributed by atoms with E-state index in [2.05, 4.69) is 26.3 Å². The van der Waals surface area contributed by atoms with E-state index in [1.54, 1.807) is 13.0 Å². The summed E-state index contributed by atoms with van der Waals surface area (Å²) in [4.78, 5) is 71.0. The number of nitrogens with zero attached hydrogens (tertiary/aromatic N) is 1. The predicted molar refractivity (Wildman–Crippen MR) is 170 cm³/mol. The molecule has 1 aromatic heterocycles. The first kappa shape index (κ1) is 31.8. The fraction of sp³-hybridized carbons (Fsp3) is 0.429. The molecule has 0 bridgehead atoms. The second-order valence-electron chi connectivity index (χ2n) is 12.2. The van der Waals surface area contributed by atoms with Gasteiger partial charge in [0.2, 0.25) is 17.6 Å². The van der Waals surface area contributed by atoms with Gasteiger partial charge >= 0.3 is 0 Å². The van der Waals surface area contributed by atoms with Crippen LogP contribution in [0.1, 0.15) is 80.4 Å². The van der Waals surface area contributed by atoms with Crippen LogP contribution in [0.4, 0.5) is 0 Å². The minimum absolute atomic E-state index is 0.0140. The van der Waals surface area contributed by atoms with Gasteiger partial charge in [-0.05, 0) is 49.8 Å². The first-order chi connectivity index (χ1) is 21.8. The normalized spacial score (nSPS) is 18.8. The number of hydrogen-bond acceptors (Lipinski definition) is 6. The SMILES string of the molecule is C[C@@H](NC(=O)C(=O)[C@H](C[C@@H]1CCNC1=O)NC(=O)[C@H](CC1CCCCC1)NC(=O)c1ccc2ccccc2n1)c1ccccc1. The van der Waals surface area contributed by atoms with Crippen molar-refractivity contribution >= 4 is 40.3 Å². The molecule has 4 amide bonds. The van der Waals surface area contributed by atoms with Gasteiger partial charge in [0.25, 0.3) is 11.8 Å². The van der Waals surface area contributed by atoms with E-state index in [-0.39, 0.29) is 23.9 Å². The summed E-state index contributed by atoms with van der Waals surface area (Å²) >= 11 is 0. The molecule has 4 atom stereocenters. The van der Waals surface area contributed by atoms with Crippen LogP contribution in [0.25, 0.3) is 10.9 Å². The number of carbonyl (C=O) groups excluding carboxylic acids is 5. The summed E-state index contributed by atoms with van der Waals surface area (Å²) in [6.45, 7) is 2.24. The highest BCUT2D eigenvalue weighted by Crippen LogP contribution is 2.28. The van der Waals surface area contributed by atoms with Crippen molar-refractivity contribution in [3.8, 4) is 0 Å². The predicted octanol–water partition coefficient (Wildman–Crippen LogP) is 3.76. The summed E-state index contributed by atoms with van der Waals surface area (Å²) in [5.74, 6) is -3.24. The molecule has 1 aliphatic heterocycles. The number of aromatic nitrogens is 1. The minimum Gasteiger partial charge on any atom is -0.356 e. The van der Waals surface area contributed by atoms with Gasteiger partial charge in [-0.15, -0.1) is 0 Å². The molecule has 1 saturated heterocycles. The Hall–Kier alpha value is -4.60. The van der Waals surface area contributed by atoms with Gasteiger partial charge in [0.05, 0.1) is 17.6 Å². The van der Waals surface area contributed by atoms with Crippen molar-refractivity contribution in [2.24, 2.45) is 11.8 Å². The molecule has 4 N–H and O–H groups in total. The molecule has 236 valence electrons. The van der Waals surface area contributed by atoms with Gasteiger partial charge in [-0.3, -0.25) is 24.0 Å². The maximum Gasteiger partial charge on any atom is 0.290 e. The molecule has 45 heavy (non-hydrogen) atoms. The van der Waals surface area contributed by atoms with Crippen molar-refractivity contribution in [3.63, 3.8) is 0 Å². The monoisotopic (exact) mass is 611 g/mol. The summed E-state index contributed by atoms with van der Waals surface area (Å²) in [5, 5.41) is 12.0. The zero-order valence-electron chi connectivity index (χ0n) is 25.6. The van der Waals surface area contributed by atoms with Crippen LogP contribution < -0.4 is 21.3 Å². The molecule has 2 aromatic carbocycles. The standard InChI is InChI=1S/C35H41N5O5/c1-22(24-12-6-3-7-13-24)37-35(45)31(41)29(21-26-18-19-36-32(26)42)39-34(44)30(20-23-10-4-2-5-11-23)40-33(43)28-17-16-25-14-8-9-15-27(25)38-28/h3,6-9,12-17,22-23,26,29-30H,2,4-5,10-11,18-21H2,1H3,(H,36,42)(H,37,45)(H,39,44)(H,40,43)/t22-,26+,29+,30+/m1/s1. The molecule has 1 aliphatic carbocycles. The van der Waals surface area contributed by atoms with Gasteiger partial charge in [-0.2, -0.15) is 0 Å². The smallest absolute Gasteiger partial charge is 0.290 e. The average molecular weight is 612 g/mol. The molecule has 0 unspecified atom stereocenters. The Kier molecular flexibility index (Phi) is 10.5. The molecule has 2 heterocycles. The van der Waals surface area contributed by atoms with Gasteiger partial charge in [-0.25, -0.2) is 4.98 Å². The third-order valence-electron chi connectivity index (χ3n) is 8.93. The lowest BCUT2D eigenvalue weighted by molar-refractivity contribution is -0.141. The van der Waals surface area contributed by atoms with Gasteiger partial charge in [0, 0.05) is 17.8 Å². The van der Waals surface area contributed by atoms with Crippen LogP contribution in [-0.4, -0.2) is 53.0 Å². The van der Waals surface area contributed by atoms with Crippen LogP contribution in [0.3, 0.4) is 0 Å². The second kappa shape index (κ2) is 14.9. The van der Waals surface area contributed by atoms with Crippen molar-refractivity contribution < 1.29 is 24.0 Å². The Morgan fingerprint density at radius 1 is 0.822 bits per heavy atom. The van der Waals surface area contributed by atoms with Crippen LogP contribution in [-0.2, 0) is 19.2 Å². The maximum atomic E-state index is 13.9. The number of fused-ring (bicyclic) bond motifs is 1. The summed E-state index contributed by atoms with van der Waals surface area (Å²) in [7, 11) is 0. The lowest BCUT2D eigenvalue weighted by Gasteiger charge is -2.28. The number of rotatable bonds is 12. The largest absolute Gasteiger partial charge is 0.356 e. The molecule has 0 spiro atoms. The second-order valence-corrected chi connectivity index (χ2v) is 12.2. The van der Waals surface area contributed by atoms with E-state index in [1.165, 1.54) is 0 Å². The van der Waals surface area contributed by atoms with E-state index < -0.39 is 47.5 Å². The van der Waals surface area contributed by atoms with Crippen LogP contribution in [0.15, 0.2) is 66.7 Å². The van der Waals surface area contributed by atoms with Gasteiger partial charge in [0.15, 0.2) is 0 Å². The fourth-order valence-electron chi connectivity index (χ4n) is 6.32. The molecule has 2 aliphatic rings. The molecule has 10 nitrogen and oxygen atoms in total. The van der Waals surface area contributed by atoms with Gasteiger partial charge in [0.1, 0.15) is 11.7 Å². The summed E-state index contributed by atoms with van der Waals surface area (Å²) < 4.78 is 0. The number of ketones is 1. The molecule has 0 radical (unpaired) electrons. The molecular formula is C35H41N5O5. The fourth-order valence-corrected chi connectivity index (χ4v) is 6.32. The highest BCUT2D eigenvalue weighted by atomic mass is 16.2. The number of amides is 4.